The van der Waals surface area contributed by atoms with Gasteiger partial charge in [0.2, 0.25) is 0 Å². The fourth-order valence-corrected chi connectivity index (χ4v) is 1.89. The third-order valence-electron chi connectivity index (χ3n) is 3.83. The Kier molecular flexibility index (Phi) is 12.6. The van der Waals surface area contributed by atoms with Crippen LogP contribution in [0.15, 0.2) is 30.3 Å². The molecule has 0 spiro atoms. The van der Waals surface area contributed by atoms with Gasteiger partial charge in [0.25, 0.3) is 0 Å². The minimum atomic E-state index is 0.366. The number of methoxy groups -OCH3 is 1. The first-order chi connectivity index (χ1) is 9.63. The van der Waals surface area contributed by atoms with Crippen molar-refractivity contribution in [1.82, 2.24) is 0 Å². The largest absolute Gasteiger partial charge is 0.382 e. The second-order valence-electron chi connectivity index (χ2n) is 5.73. The first kappa shape index (κ1) is 19.2. The molecule has 0 saturated heterocycles. The summed E-state index contributed by atoms with van der Waals surface area (Å²) in [6.07, 6.45) is 8.10. The highest BCUT2D eigenvalue weighted by molar-refractivity contribution is 5.14. The van der Waals surface area contributed by atoms with Crippen molar-refractivity contribution in [2.45, 2.75) is 72.3 Å². The minimum absolute atomic E-state index is 0.366. The molecule has 1 aromatic rings. The standard InChI is InChI=1S/C11H16O.C8H18/c1-10(12-2)8-9-11-6-4-3-5-7-11;1-4-6-7-8(3)5-2/h3-7,10H,8-9H2,1-2H3;8H,4-7H2,1-3H3. The number of ether oxygens (including phenoxy) is 1. The van der Waals surface area contributed by atoms with Crippen molar-refractivity contribution in [1.29, 1.82) is 0 Å². The molecule has 0 aliphatic rings. The normalized spacial score (nSPS) is 13.2. The lowest BCUT2D eigenvalue weighted by atomic mass is 10.0. The van der Waals surface area contributed by atoms with Crippen molar-refractivity contribution in [2.24, 2.45) is 5.92 Å². The summed E-state index contributed by atoms with van der Waals surface area (Å²) in [6, 6.07) is 10.5. The van der Waals surface area contributed by atoms with Gasteiger partial charge in [-0.1, -0.05) is 76.8 Å². The first-order valence-corrected chi connectivity index (χ1v) is 8.20. The van der Waals surface area contributed by atoms with Crippen LogP contribution in [0.3, 0.4) is 0 Å². The molecule has 2 atom stereocenters. The average Bonchev–Trinajstić information content (AvgIpc) is 2.51. The third-order valence-corrected chi connectivity index (χ3v) is 3.83. The molecule has 0 saturated carbocycles. The summed E-state index contributed by atoms with van der Waals surface area (Å²) in [6.45, 7) is 8.95. The predicted molar refractivity (Wildman–Crippen MR) is 90.2 cm³/mol. The van der Waals surface area contributed by atoms with Gasteiger partial charge >= 0.3 is 0 Å². The number of benzene rings is 1. The van der Waals surface area contributed by atoms with E-state index in [9.17, 15) is 0 Å². The third kappa shape index (κ3) is 11.0. The van der Waals surface area contributed by atoms with E-state index in [1.165, 1.54) is 31.2 Å². The van der Waals surface area contributed by atoms with Gasteiger partial charge < -0.3 is 4.74 Å². The summed E-state index contributed by atoms with van der Waals surface area (Å²) in [5, 5.41) is 0. The summed E-state index contributed by atoms with van der Waals surface area (Å²) < 4.78 is 5.17. The summed E-state index contributed by atoms with van der Waals surface area (Å²) in [7, 11) is 1.76. The molecule has 20 heavy (non-hydrogen) atoms. The van der Waals surface area contributed by atoms with Crippen LogP contribution in [0.4, 0.5) is 0 Å². The van der Waals surface area contributed by atoms with Crippen LogP contribution in [-0.2, 0) is 11.2 Å². The molecule has 0 fully saturated rings. The Morgan fingerprint density at radius 2 is 1.65 bits per heavy atom. The zero-order valence-electron chi connectivity index (χ0n) is 14.2. The fraction of sp³-hybridized carbons (Fsp3) is 0.684. The molecule has 0 heterocycles. The van der Waals surface area contributed by atoms with Crippen LogP contribution in [-0.4, -0.2) is 13.2 Å². The van der Waals surface area contributed by atoms with E-state index in [2.05, 4.69) is 52.0 Å². The zero-order valence-corrected chi connectivity index (χ0v) is 14.2. The fourth-order valence-electron chi connectivity index (χ4n) is 1.89. The van der Waals surface area contributed by atoms with Gasteiger partial charge in [-0.2, -0.15) is 0 Å². The van der Waals surface area contributed by atoms with Crippen molar-refractivity contribution in [3.05, 3.63) is 35.9 Å². The SMILES string of the molecule is CCCCC(C)CC.COC(C)CCc1ccccc1. The van der Waals surface area contributed by atoms with E-state index in [0.717, 1.165) is 18.8 Å². The van der Waals surface area contributed by atoms with E-state index in [-0.39, 0.29) is 0 Å². The molecule has 0 aliphatic carbocycles. The van der Waals surface area contributed by atoms with Gasteiger partial charge in [-0.15, -0.1) is 0 Å². The Morgan fingerprint density at radius 1 is 1.00 bits per heavy atom. The topological polar surface area (TPSA) is 9.23 Å². The molecule has 1 rings (SSSR count). The number of hydrogen-bond donors (Lipinski definition) is 0. The molecule has 116 valence electrons. The van der Waals surface area contributed by atoms with Crippen LogP contribution in [0.25, 0.3) is 0 Å². The number of hydrogen-bond acceptors (Lipinski definition) is 1. The van der Waals surface area contributed by atoms with E-state index in [1.807, 2.05) is 6.07 Å². The Balaban J connectivity index is 0.000000396. The molecule has 0 amide bonds. The maximum atomic E-state index is 5.17. The summed E-state index contributed by atoms with van der Waals surface area (Å²) in [5.74, 6) is 0.954. The maximum Gasteiger partial charge on any atom is 0.0546 e. The number of unbranched alkanes of at least 4 members (excludes halogenated alkanes) is 1. The van der Waals surface area contributed by atoms with E-state index in [4.69, 9.17) is 4.74 Å². The van der Waals surface area contributed by atoms with Crippen LogP contribution < -0.4 is 0 Å². The van der Waals surface area contributed by atoms with Gasteiger partial charge in [-0.05, 0) is 31.2 Å². The molecule has 0 aromatic heterocycles. The molecule has 2 unspecified atom stereocenters. The summed E-state index contributed by atoms with van der Waals surface area (Å²) in [5.41, 5.74) is 1.39. The highest BCUT2D eigenvalue weighted by atomic mass is 16.5. The molecule has 0 aliphatic heterocycles. The van der Waals surface area contributed by atoms with Crippen molar-refractivity contribution >= 4 is 0 Å². The molecule has 1 nitrogen and oxygen atoms in total. The number of rotatable bonds is 8. The molecular formula is C19H34O. The van der Waals surface area contributed by atoms with Crippen LogP contribution in [0.2, 0.25) is 0 Å². The lowest BCUT2D eigenvalue weighted by Crippen LogP contribution is -2.05. The number of aryl methyl sites for hydroxylation is 1. The quantitative estimate of drug-likeness (QED) is 0.577. The smallest absolute Gasteiger partial charge is 0.0546 e. The summed E-state index contributed by atoms with van der Waals surface area (Å²) in [4.78, 5) is 0. The maximum absolute atomic E-state index is 5.17. The van der Waals surface area contributed by atoms with Crippen molar-refractivity contribution in [2.75, 3.05) is 7.11 Å². The molecular weight excluding hydrogens is 244 g/mol. The molecule has 0 radical (unpaired) electrons. The van der Waals surface area contributed by atoms with Gasteiger partial charge in [0.15, 0.2) is 0 Å². The molecule has 1 heteroatoms. The van der Waals surface area contributed by atoms with E-state index >= 15 is 0 Å². The second kappa shape index (κ2) is 13.2. The van der Waals surface area contributed by atoms with Gasteiger partial charge in [-0.3, -0.25) is 0 Å². The van der Waals surface area contributed by atoms with Gasteiger partial charge in [0.1, 0.15) is 0 Å². The Morgan fingerprint density at radius 3 is 2.15 bits per heavy atom. The van der Waals surface area contributed by atoms with Crippen LogP contribution in [0.1, 0.15) is 65.4 Å². The highest BCUT2D eigenvalue weighted by Gasteiger charge is 1.99. The van der Waals surface area contributed by atoms with E-state index in [0.29, 0.717) is 6.10 Å². The molecule has 0 N–H and O–H groups in total. The monoisotopic (exact) mass is 278 g/mol. The van der Waals surface area contributed by atoms with E-state index < -0.39 is 0 Å². The highest BCUT2D eigenvalue weighted by Crippen LogP contribution is 2.09. The van der Waals surface area contributed by atoms with Crippen LogP contribution in [0.5, 0.6) is 0 Å². The lowest BCUT2D eigenvalue weighted by molar-refractivity contribution is 0.111. The Bertz CT molecular complexity index is 294. The Hall–Kier alpha value is -0.820. The van der Waals surface area contributed by atoms with E-state index in [1.54, 1.807) is 7.11 Å². The molecule has 1 aromatic carbocycles. The van der Waals surface area contributed by atoms with Crippen molar-refractivity contribution in [3.63, 3.8) is 0 Å². The summed E-state index contributed by atoms with van der Waals surface area (Å²) >= 11 is 0. The van der Waals surface area contributed by atoms with Gasteiger partial charge in [-0.25, -0.2) is 0 Å². The Labute approximate surface area is 126 Å². The zero-order chi connectivity index (χ0) is 15.2. The second-order valence-corrected chi connectivity index (χ2v) is 5.73. The predicted octanol–water partition coefficient (Wildman–Crippen LogP) is 5.88. The minimum Gasteiger partial charge on any atom is -0.382 e. The van der Waals surface area contributed by atoms with Crippen molar-refractivity contribution in [3.8, 4) is 0 Å². The first-order valence-electron chi connectivity index (χ1n) is 8.20. The van der Waals surface area contributed by atoms with Crippen molar-refractivity contribution < 1.29 is 4.74 Å². The van der Waals surface area contributed by atoms with Crippen LogP contribution in [0, 0.1) is 5.92 Å². The van der Waals surface area contributed by atoms with Crippen LogP contribution >= 0.6 is 0 Å². The lowest BCUT2D eigenvalue weighted by Gasteiger charge is -2.08. The average molecular weight is 278 g/mol. The molecule has 0 bridgehead atoms. The van der Waals surface area contributed by atoms with Gasteiger partial charge in [0.05, 0.1) is 6.10 Å². The van der Waals surface area contributed by atoms with Gasteiger partial charge in [0, 0.05) is 7.11 Å².